The molecule has 1 heterocycles. The summed E-state index contributed by atoms with van der Waals surface area (Å²) in [4.78, 5) is 14.7. The third-order valence-electron chi connectivity index (χ3n) is 4.32. The summed E-state index contributed by atoms with van der Waals surface area (Å²) in [5.41, 5.74) is 2.39. The van der Waals surface area contributed by atoms with Crippen LogP contribution in [-0.4, -0.2) is 32.3 Å². The van der Waals surface area contributed by atoms with E-state index in [-0.39, 0.29) is 17.4 Å². The van der Waals surface area contributed by atoms with E-state index in [1.165, 1.54) is 0 Å². The fraction of sp³-hybridized carbons (Fsp3) is 0.381. The van der Waals surface area contributed by atoms with Gasteiger partial charge in [-0.3, -0.25) is 4.79 Å². The van der Waals surface area contributed by atoms with Gasteiger partial charge in [-0.05, 0) is 41.3 Å². The molecule has 1 aliphatic rings. The van der Waals surface area contributed by atoms with E-state index in [2.05, 4.69) is 20.8 Å². The summed E-state index contributed by atoms with van der Waals surface area (Å²) in [6, 6.07) is 15.4. The Morgan fingerprint density at radius 2 is 1.88 bits per heavy atom. The molecule has 3 rings (SSSR count). The number of para-hydroxylation sites is 1. The molecule has 2 aromatic carbocycles. The van der Waals surface area contributed by atoms with E-state index in [4.69, 9.17) is 9.47 Å². The number of nitrogens with zero attached hydrogens (tertiary/aromatic N) is 1. The normalized spacial score (nSPS) is 16.4. The maximum Gasteiger partial charge on any atom is 0.258 e. The van der Waals surface area contributed by atoms with E-state index in [9.17, 15) is 4.79 Å². The first-order valence-corrected chi connectivity index (χ1v) is 8.58. The van der Waals surface area contributed by atoms with Gasteiger partial charge in [0, 0.05) is 18.3 Å². The Labute approximate surface area is 149 Å². The van der Waals surface area contributed by atoms with Gasteiger partial charge >= 0.3 is 0 Å². The van der Waals surface area contributed by atoms with E-state index in [0.29, 0.717) is 12.2 Å². The number of anilines is 1. The van der Waals surface area contributed by atoms with Crippen molar-refractivity contribution >= 4 is 11.6 Å². The predicted octanol–water partition coefficient (Wildman–Crippen LogP) is 4.04. The Morgan fingerprint density at radius 1 is 1.20 bits per heavy atom. The molecule has 4 heteroatoms. The number of amides is 1. The van der Waals surface area contributed by atoms with Gasteiger partial charge in [0.25, 0.3) is 5.91 Å². The van der Waals surface area contributed by atoms with Crippen molar-refractivity contribution in [3.8, 4) is 5.75 Å². The van der Waals surface area contributed by atoms with Crippen molar-refractivity contribution in [1.82, 2.24) is 0 Å². The number of hydrogen-bond donors (Lipinski definition) is 0. The molecular weight excluding hydrogens is 314 g/mol. The van der Waals surface area contributed by atoms with Crippen LogP contribution in [0.1, 0.15) is 36.7 Å². The maximum atomic E-state index is 13.1. The molecule has 0 N–H and O–H groups in total. The Morgan fingerprint density at radius 3 is 2.48 bits per heavy atom. The summed E-state index contributed by atoms with van der Waals surface area (Å²) in [5, 5.41) is 0. The molecule has 0 bridgehead atoms. The lowest BCUT2D eigenvalue weighted by atomic mass is 9.83. The molecule has 0 radical (unpaired) electrons. The number of carbonyl (C=O) groups is 1. The van der Waals surface area contributed by atoms with Crippen molar-refractivity contribution in [2.75, 3.05) is 25.2 Å². The Hall–Kier alpha value is -2.33. The minimum Gasteiger partial charge on any atom is -0.491 e. The van der Waals surface area contributed by atoms with Crippen LogP contribution in [0, 0.1) is 0 Å². The van der Waals surface area contributed by atoms with Crippen molar-refractivity contribution in [1.29, 1.82) is 0 Å². The fourth-order valence-corrected chi connectivity index (χ4v) is 2.72. The van der Waals surface area contributed by atoms with Crippen LogP contribution in [-0.2, 0) is 10.2 Å². The second kappa shape index (κ2) is 6.89. The van der Waals surface area contributed by atoms with Crippen LogP contribution >= 0.6 is 0 Å². The molecule has 0 spiro atoms. The first-order valence-electron chi connectivity index (χ1n) is 8.58. The van der Waals surface area contributed by atoms with E-state index < -0.39 is 0 Å². The predicted molar refractivity (Wildman–Crippen MR) is 99.6 cm³/mol. The van der Waals surface area contributed by atoms with Crippen molar-refractivity contribution in [2.45, 2.75) is 32.3 Å². The molecule has 2 aromatic rings. The van der Waals surface area contributed by atoms with Gasteiger partial charge in [0.15, 0.2) is 0 Å². The zero-order valence-electron chi connectivity index (χ0n) is 15.3. The Kier molecular flexibility index (Phi) is 4.82. The zero-order chi connectivity index (χ0) is 18.0. The topological polar surface area (TPSA) is 42.1 Å². The molecule has 1 amide bonds. The summed E-state index contributed by atoms with van der Waals surface area (Å²) in [5.74, 6) is 0.757. The minimum absolute atomic E-state index is 0.0202. The molecule has 1 fully saturated rings. The molecule has 4 nitrogen and oxygen atoms in total. The van der Waals surface area contributed by atoms with Crippen LogP contribution in [0.2, 0.25) is 0 Å². The third-order valence-corrected chi connectivity index (χ3v) is 4.32. The lowest BCUT2D eigenvalue weighted by molar-refractivity contribution is 0.0991. The van der Waals surface area contributed by atoms with Gasteiger partial charge in [0.2, 0.25) is 0 Å². The van der Waals surface area contributed by atoms with E-state index >= 15 is 0 Å². The fourth-order valence-electron chi connectivity index (χ4n) is 2.72. The highest BCUT2D eigenvalue weighted by atomic mass is 16.6. The van der Waals surface area contributed by atoms with E-state index in [0.717, 1.165) is 23.6 Å². The van der Waals surface area contributed by atoms with Gasteiger partial charge < -0.3 is 14.4 Å². The first-order chi connectivity index (χ1) is 11.9. The van der Waals surface area contributed by atoms with Gasteiger partial charge in [-0.15, -0.1) is 0 Å². The van der Waals surface area contributed by atoms with Crippen molar-refractivity contribution in [3.63, 3.8) is 0 Å². The van der Waals surface area contributed by atoms with Gasteiger partial charge in [-0.25, -0.2) is 0 Å². The van der Waals surface area contributed by atoms with Crippen molar-refractivity contribution < 1.29 is 14.3 Å². The molecule has 0 saturated carbocycles. The van der Waals surface area contributed by atoms with Crippen LogP contribution in [0.25, 0.3) is 0 Å². The molecular formula is C21H25NO3. The molecule has 1 aliphatic heterocycles. The zero-order valence-corrected chi connectivity index (χ0v) is 15.3. The summed E-state index contributed by atoms with van der Waals surface area (Å²) in [7, 11) is 1.80. The first kappa shape index (κ1) is 17.5. The quantitative estimate of drug-likeness (QED) is 0.772. The average molecular weight is 339 g/mol. The molecule has 0 aliphatic carbocycles. The smallest absolute Gasteiger partial charge is 0.258 e. The number of ether oxygens (including phenoxy) is 2. The highest BCUT2D eigenvalue weighted by Crippen LogP contribution is 2.31. The number of carbonyl (C=O) groups excluding carboxylic acids is 1. The highest BCUT2D eigenvalue weighted by Gasteiger charge is 2.26. The van der Waals surface area contributed by atoms with Gasteiger partial charge in [-0.1, -0.05) is 39.0 Å². The molecule has 1 atom stereocenters. The molecule has 0 aromatic heterocycles. The van der Waals surface area contributed by atoms with E-state index in [1.54, 1.807) is 11.9 Å². The van der Waals surface area contributed by atoms with E-state index in [1.807, 2.05) is 48.5 Å². The summed E-state index contributed by atoms with van der Waals surface area (Å²) < 4.78 is 11.0. The number of benzene rings is 2. The van der Waals surface area contributed by atoms with Crippen LogP contribution in [0.15, 0.2) is 48.5 Å². The number of epoxide rings is 1. The second-order valence-electron chi connectivity index (χ2n) is 7.42. The van der Waals surface area contributed by atoms with Gasteiger partial charge in [0.1, 0.15) is 18.5 Å². The molecule has 25 heavy (non-hydrogen) atoms. The molecule has 1 saturated heterocycles. The van der Waals surface area contributed by atoms with Crippen molar-refractivity contribution in [3.05, 3.63) is 59.7 Å². The Bertz CT molecular complexity index is 745. The number of rotatable bonds is 5. The monoisotopic (exact) mass is 339 g/mol. The molecule has 132 valence electrons. The maximum absolute atomic E-state index is 13.1. The summed E-state index contributed by atoms with van der Waals surface area (Å²) in [6.07, 6.45) is 0.212. The van der Waals surface area contributed by atoms with Crippen molar-refractivity contribution in [2.24, 2.45) is 0 Å². The second-order valence-corrected chi connectivity index (χ2v) is 7.42. The highest BCUT2D eigenvalue weighted by molar-refractivity contribution is 6.07. The lowest BCUT2D eigenvalue weighted by Crippen LogP contribution is -2.29. The standard InChI is InChI=1S/C21H25NO3/c1-21(2,3)19-12-16(24-13-17-14-25-17)10-11-18(19)20(23)22(4)15-8-6-5-7-9-15/h5-12,17H,13-14H2,1-4H3. The van der Waals surface area contributed by atoms with Crippen LogP contribution in [0.5, 0.6) is 5.75 Å². The van der Waals surface area contributed by atoms with Gasteiger partial charge in [-0.2, -0.15) is 0 Å². The summed E-state index contributed by atoms with van der Waals surface area (Å²) in [6.45, 7) is 7.64. The van der Waals surface area contributed by atoms with Crippen LogP contribution in [0.4, 0.5) is 5.69 Å². The number of hydrogen-bond acceptors (Lipinski definition) is 3. The Balaban J connectivity index is 1.89. The lowest BCUT2D eigenvalue weighted by Gasteiger charge is -2.26. The third kappa shape index (κ3) is 4.20. The largest absolute Gasteiger partial charge is 0.491 e. The molecule has 1 unspecified atom stereocenters. The van der Waals surface area contributed by atoms with Crippen LogP contribution in [0.3, 0.4) is 0 Å². The minimum atomic E-state index is -0.169. The average Bonchev–Trinajstić information content (AvgIpc) is 3.43. The SMILES string of the molecule is CN(C(=O)c1ccc(OCC2CO2)cc1C(C)(C)C)c1ccccc1. The van der Waals surface area contributed by atoms with Crippen LogP contribution < -0.4 is 9.64 Å². The summed E-state index contributed by atoms with van der Waals surface area (Å²) >= 11 is 0. The van der Waals surface area contributed by atoms with Gasteiger partial charge in [0.05, 0.1) is 6.61 Å².